The molecule has 0 aliphatic heterocycles. The van der Waals surface area contributed by atoms with E-state index in [1.54, 1.807) is 6.20 Å². The van der Waals surface area contributed by atoms with Crippen LogP contribution < -0.4 is 5.32 Å². The van der Waals surface area contributed by atoms with Crippen LogP contribution in [-0.4, -0.2) is 35.4 Å². The number of hydrogen-bond donors (Lipinski definition) is 1. The van der Waals surface area contributed by atoms with Gasteiger partial charge >= 0.3 is 5.97 Å². The van der Waals surface area contributed by atoms with Crippen molar-refractivity contribution < 1.29 is 9.53 Å². The number of rotatable bonds is 9. The van der Waals surface area contributed by atoms with E-state index in [0.717, 1.165) is 25.3 Å². The first-order chi connectivity index (χ1) is 9.69. The summed E-state index contributed by atoms with van der Waals surface area (Å²) in [5, 5.41) is 7.64. The van der Waals surface area contributed by atoms with Gasteiger partial charge in [0.25, 0.3) is 0 Å². The Labute approximate surface area is 120 Å². The van der Waals surface area contributed by atoms with Crippen LogP contribution in [0.3, 0.4) is 0 Å². The van der Waals surface area contributed by atoms with E-state index in [0.29, 0.717) is 12.6 Å². The molecule has 1 N–H and O–H groups in total. The lowest BCUT2D eigenvalue weighted by molar-refractivity contribution is -0.145. The Morgan fingerprint density at radius 2 is 2.35 bits per heavy atom. The van der Waals surface area contributed by atoms with Crippen LogP contribution in [0, 0.1) is 11.8 Å². The Kier molecular flexibility index (Phi) is 5.59. The lowest BCUT2D eigenvalue weighted by Gasteiger charge is -2.19. The van der Waals surface area contributed by atoms with Crippen LogP contribution in [0.5, 0.6) is 0 Å². The number of aromatic nitrogens is 2. The SMILES string of the molecule is COC(=O)C(CNC(C)CCn1cccn1)CC1CC1. The molecule has 1 heterocycles. The van der Waals surface area contributed by atoms with Crippen molar-refractivity contribution in [3.8, 4) is 0 Å². The van der Waals surface area contributed by atoms with Gasteiger partial charge in [-0.05, 0) is 31.7 Å². The second kappa shape index (κ2) is 7.43. The standard InChI is InChI=1S/C15H25N3O2/c1-12(6-9-18-8-3-7-17-18)16-11-14(15(19)20-2)10-13-4-5-13/h3,7-8,12-14,16H,4-6,9-11H2,1-2H3. The highest BCUT2D eigenvalue weighted by Crippen LogP contribution is 2.35. The van der Waals surface area contributed by atoms with Crippen LogP contribution in [0.25, 0.3) is 0 Å². The number of carbonyl (C=O) groups is 1. The summed E-state index contributed by atoms with van der Waals surface area (Å²) in [6.45, 7) is 3.76. The van der Waals surface area contributed by atoms with Gasteiger partial charge in [0.05, 0.1) is 13.0 Å². The highest BCUT2D eigenvalue weighted by atomic mass is 16.5. The first-order valence-corrected chi connectivity index (χ1v) is 7.47. The average molecular weight is 279 g/mol. The molecule has 2 rings (SSSR count). The van der Waals surface area contributed by atoms with E-state index in [9.17, 15) is 4.79 Å². The van der Waals surface area contributed by atoms with Crippen LogP contribution in [0.4, 0.5) is 0 Å². The van der Waals surface area contributed by atoms with E-state index < -0.39 is 0 Å². The molecule has 1 aliphatic rings. The summed E-state index contributed by atoms with van der Waals surface area (Å²) in [5.74, 6) is 0.656. The Bertz CT molecular complexity index is 401. The summed E-state index contributed by atoms with van der Waals surface area (Å²) in [4.78, 5) is 11.8. The van der Waals surface area contributed by atoms with Crippen LogP contribution in [-0.2, 0) is 16.1 Å². The number of ether oxygens (including phenoxy) is 1. The van der Waals surface area contributed by atoms with Gasteiger partial charge in [-0.25, -0.2) is 0 Å². The lowest BCUT2D eigenvalue weighted by atomic mass is 10.0. The van der Waals surface area contributed by atoms with Gasteiger partial charge in [0.15, 0.2) is 0 Å². The molecule has 20 heavy (non-hydrogen) atoms. The van der Waals surface area contributed by atoms with Crippen molar-refractivity contribution in [3.05, 3.63) is 18.5 Å². The predicted octanol–water partition coefficient (Wildman–Crippen LogP) is 1.84. The smallest absolute Gasteiger partial charge is 0.309 e. The van der Waals surface area contributed by atoms with Crippen molar-refractivity contribution in [3.63, 3.8) is 0 Å². The van der Waals surface area contributed by atoms with Crippen molar-refractivity contribution in [1.82, 2.24) is 15.1 Å². The fourth-order valence-corrected chi connectivity index (χ4v) is 2.39. The van der Waals surface area contributed by atoms with E-state index in [-0.39, 0.29) is 11.9 Å². The Morgan fingerprint density at radius 1 is 1.55 bits per heavy atom. The topological polar surface area (TPSA) is 56.1 Å². The third-order valence-corrected chi connectivity index (χ3v) is 3.91. The fourth-order valence-electron chi connectivity index (χ4n) is 2.39. The molecule has 2 atom stereocenters. The number of nitrogens with zero attached hydrogens (tertiary/aromatic N) is 2. The van der Waals surface area contributed by atoms with Gasteiger partial charge < -0.3 is 10.1 Å². The molecule has 5 nitrogen and oxygen atoms in total. The number of methoxy groups -OCH3 is 1. The molecule has 0 spiro atoms. The molecule has 1 aromatic heterocycles. The highest BCUT2D eigenvalue weighted by Gasteiger charge is 2.29. The van der Waals surface area contributed by atoms with Crippen LogP contribution >= 0.6 is 0 Å². The van der Waals surface area contributed by atoms with Gasteiger partial charge in [0.1, 0.15) is 0 Å². The number of hydrogen-bond acceptors (Lipinski definition) is 4. The zero-order valence-corrected chi connectivity index (χ0v) is 12.4. The van der Waals surface area contributed by atoms with E-state index >= 15 is 0 Å². The molecule has 0 radical (unpaired) electrons. The van der Waals surface area contributed by atoms with Gasteiger partial charge in [-0.15, -0.1) is 0 Å². The monoisotopic (exact) mass is 279 g/mol. The zero-order chi connectivity index (χ0) is 14.4. The van der Waals surface area contributed by atoms with Gasteiger partial charge in [0.2, 0.25) is 0 Å². The molecule has 0 amide bonds. The molecular weight excluding hydrogens is 254 g/mol. The molecule has 1 aromatic rings. The second-order valence-electron chi connectivity index (χ2n) is 5.77. The molecule has 0 saturated heterocycles. The van der Waals surface area contributed by atoms with E-state index in [4.69, 9.17) is 4.74 Å². The molecule has 1 fully saturated rings. The number of carbonyl (C=O) groups excluding carboxylic acids is 1. The van der Waals surface area contributed by atoms with Gasteiger partial charge in [0, 0.05) is 31.5 Å². The average Bonchev–Trinajstić information content (AvgIpc) is 3.12. The summed E-state index contributed by atoms with van der Waals surface area (Å²) in [5.41, 5.74) is 0. The zero-order valence-electron chi connectivity index (χ0n) is 12.4. The second-order valence-corrected chi connectivity index (χ2v) is 5.77. The minimum absolute atomic E-state index is 0.000321. The van der Waals surface area contributed by atoms with E-state index in [1.807, 2.05) is 16.9 Å². The molecule has 5 heteroatoms. The molecule has 0 bridgehead atoms. The lowest BCUT2D eigenvalue weighted by Crippen LogP contribution is -2.35. The first-order valence-electron chi connectivity index (χ1n) is 7.47. The number of aryl methyl sites for hydroxylation is 1. The quantitative estimate of drug-likeness (QED) is 0.701. The Morgan fingerprint density at radius 3 is 2.95 bits per heavy atom. The van der Waals surface area contributed by atoms with Crippen molar-refractivity contribution in [2.24, 2.45) is 11.8 Å². The minimum Gasteiger partial charge on any atom is -0.469 e. The summed E-state index contributed by atoms with van der Waals surface area (Å²) < 4.78 is 6.83. The van der Waals surface area contributed by atoms with Gasteiger partial charge in [-0.1, -0.05) is 12.8 Å². The molecule has 1 aliphatic carbocycles. The van der Waals surface area contributed by atoms with Gasteiger partial charge in [-0.3, -0.25) is 9.48 Å². The van der Waals surface area contributed by atoms with E-state index in [2.05, 4.69) is 17.3 Å². The molecule has 112 valence electrons. The predicted molar refractivity (Wildman–Crippen MR) is 77.2 cm³/mol. The maximum Gasteiger partial charge on any atom is 0.309 e. The maximum absolute atomic E-state index is 11.8. The third-order valence-electron chi connectivity index (χ3n) is 3.91. The maximum atomic E-state index is 11.8. The summed E-state index contributed by atoms with van der Waals surface area (Å²) in [6.07, 6.45) is 8.26. The highest BCUT2D eigenvalue weighted by molar-refractivity contribution is 5.72. The largest absolute Gasteiger partial charge is 0.469 e. The Hall–Kier alpha value is -1.36. The molecule has 0 aromatic carbocycles. The van der Waals surface area contributed by atoms with Gasteiger partial charge in [-0.2, -0.15) is 5.10 Å². The van der Waals surface area contributed by atoms with Crippen LogP contribution in [0.2, 0.25) is 0 Å². The third kappa shape index (κ3) is 4.96. The number of esters is 1. The molecule has 1 saturated carbocycles. The summed E-state index contributed by atoms with van der Waals surface area (Å²) >= 11 is 0. The fraction of sp³-hybridized carbons (Fsp3) is 0.733. The molecule has 2 unspecified atom stereocenters. The van der Waals surface area contributed by atoms with Crippen molar-refractivity contribution in [1.29, 1.82) is 0 Å². The Balaban J connectivity index is 1.68. The number of nitrogens with one attached hydrogen (secondary N) is 1. The normalized spacial score (nSPS) is 17.7. The van der Waals surface area contributed by atoms with E-state index in [1.165, 1.54) is 20.0 Å². The summed E-state index contributed by atoms with van der Waals surface area (Å²) in [7, 11) is 1.48. The van der Waals surface area contributed by atoms with Crippen LogP contribution in [0.1, 0.15) is 32.6 Å². The van der Waals surface area contributed by atoms with Crippen LogP contribution in [0.15, 0.2) is 18.5 Å². The molecular formula is C15H25N3O2. The van der Waals surface area contributed by atoms with Crippen molar-refractivity contribution >= 4 is 5.97 Å². The minimum atomic E-state index is -0.0799. The van der Waals surface area contributed by atoms with Crippen molar-refractivity contribution in [2.75, 3.05) is 13.7 Å². The van der Waals surface area contributed by atoms with Crippen molar-refractivity contribution in [2.45, 2.75) is 45.2 Å². The summed E-state index contributed by atoms with van der Waals surface area (Å²) in [6, 6.07) is 2.30. The first kappa shape index (κ1) is 15.0.